The first kappa shape index (κ1) is 15.6. The number of carbonyl (C=O) groups excluding carboxylic acids is 1. The van der Waals surface area contributed by atoms with Gasteiger partial charge >= 0.3 is 0 Å². The highest BCUT2D eigenvalue weighted by atomic mass is 79.9. The number of hydrogen-bond acceptors (Lipinski definition) is 4. The van der Waals surface area contributed by atoms with E-state index in [0.717, 1.165) is 10.2 Å². The van der Waals surface area contributed by atoms with E-state index in [-0.39, 0.29) is 24.3 Å². The van der Waals surface area contributed by atoms with Crippen LogP contribution in [0.15, 0.2) is 45.3 Å². The van der Waals surface area contributed by atoms with Crippen LogP contribution in [0, 0.1) is 0 Å². The highest BCUT2D eigenvalue weighted by Crippen LogP contribution is 2.19. The van der Waals surface area contributed by atoms with Crippen molar-refractivity contribution in [1.82, 2.24) is 5.32 Å². The van der Waals surface area contributed by atoms with Crippen LogP contribution < -0.4 is 15.8 Å². The Hall–Kier alpha value is -1.79. The van der Waals surface area contributed by atoms with Gasteiger partial charge < -0.3 is 20.2 Å². The van der Waals surface area contributed by atoms with Crippen molar-refractivity contribution in [3.8, 4) is 5.75 Å². The zero-order valence-electron chi connectivity index (χ0n) is 11.6. The molecule has 3 N–H and O–H groups in total. The van der Waals surface area contributed by atoms with E-state index in [1.54, 1.807) is 12.1 Å². The van der Waals surface area contributed by atoms with Gasteiger partial charge in [-0.3, -0.25) is 4.79 Å². The molecule has 1 heterocycles. The predicted octanol–water partition coefficient (Wildman–Crippen LogP) is 2.70. The van der Waals surface area contributed by atoms with Crippen LogP contribution in [0.3, 0.4) is 0 Å². The Balaban J connectivity index is 1.92. The Morgan fingerprint density at radius 1 is 1.43 bits per heavy atom. The van der Waals surface area contributed by atoms with Gasteiger partial charge in [-0.05, 0) is 37.3 Å². The first-order chi connectivity index (χ1) is 10.1. The number of hydrogen-bond donors (Lipinski definition) is 2. The minimum Gasteiger partial charge on any atom is -0.486 e. The number of furan rings is 1. The summed E-state index contributed by atoms with van der Waals surface area (Å²) in [5, 5.41) is 2.74. The number of nitrogens with one attached hydrogen (secondary N) is 1. The van der Waals surface area contributed by atoms with Gasteiger partial charge in [0.2, 0.25) is 0 Å². The number of amides is 1. The van der Waals surface area contributed by atoms with Gasteiger partial charge in [0, 0.05) is 17.1 Å². The van der Waals surface area contributed by atoms with Crippen LogP contribution in [-0.4, -0.2) is 18.5 Å². The molecule has 0 spiro atoms. The molecule has 1 aromatic carbocycles. The molecule has 0 aliphatic heterocycles. The largest absolute Gasteiger partial charge is 0.486 e. The number of halogens is 1. The van der Waals surface area contributed by atoms with Crippen LogP contribution in [0.5, 0.6) is 5.75 Å². The van der Waals surface area contributed by atoms with Gasteiger partial charge in [0.05, 0.1) is 0 Å². The van der Waals surface area contributed by atoms with E-state index in [1.807, 2.05) is 31.2 Å². The lowest BCUT2D eigenvalue weighted by molar-refractivity contribution is 0.0909. The van der Waals surface area contributed by atoms with Crippen LogP contribution in [0.1, 0.15) is 23.2 Å². The lowest BCUT2D eigenvalue weighted by atomic mass is 10.3. The Morgan fingerprint density at radius 3 is 2.95 bits per heavy atom. The molecule has 5 nitrogen and oxygen atoms in total. The fourth-order valence-corrected chi connectivity index (χ4v) is 2.02. The molecule has 0 radical (unpaired) electrons. The maximum atomic E-state index is 11.8. The lowest BCUT2D eigenvalue weighted by Crippen LogP contribution is -2.37. The molecule has 0 unspecified atom stereocenters. The molecule has 0 bridgehead atoms. The average molecular weight is 353 g/mol. The quantitative estimate of drug-likeness (QED) is 0.837. The summed E-state index contributed by atoms with van der Waals surface area (Å²) in [6, 6.07) is 10.8. The third-order valence-corrected chi connectivity index (χ3v) is 3.29. The maximum absolute atomic E-state index is 11.8. The number of nitrogens with two attached hydrogens (primary N) is 1. The number of benzene rings is 1. The van der Waals surface area contributed by atoms with Gasteiger partial charge in [0.15, 0.2) is 5.76 Å². The SMILES string of the molecule is C[C@@H](CN)NC(=O)c1ccc(COc2cccc(Br)c2)o1. The van der Waals surface area contributed by atoms with E-state index >= 15 is 0 Å². The molecular weight excluding hydrogens is 336 g/mol. The lowest BCUT2D eigenvalue weighted by Gasteiger charge is -2.09. The smallest absolute Gasteiger partial charge is 0.287 e. The van der Waals surface area contributed by atoms with E-state index in [4.69, 9.17) is 14.9 Å². The Kier molecular flexibility index (Phi) is 5.41. The Labute approximate surface area is 131 Å². The van der Waals surface area contributed by atoms with Gasteiger partial charge in [0.1, 0.15) is 18.1 Å². The normalized spacial score (nSPS) is 12.0. The summed E-state index contributed by atoms with van der Waals surface area (Å²) in [6.45, 7) is 2.47. The first-order valence-electron chi connectivity index (χ1n) is 6.56. The maximum Gasteiger partial charge on any atom is 0.287 e. The Bertz CT molecular complexity index is 612. The molecule has 1 aromatic heterocycles. The highest BCUT2D eigenvalue weighted by molar-refractivity contribution is 9.10. The van der Waals surface area contributed by atoms with Crippen molar-refractivity contribution in [2.75, 3.05) is 6.54 Å². The predicted molar refractivity (Wildman–Crippen MR) is 83.2 cm³/mol. The summed E-state index contributed by atoms with van der Waals surface area (Å²) < 4.78 is 12.0. The zero-order valence-corrected chi connectivity index (χ0v) is 13.2. The standard InChI is InChI=1S/C15H17BrN2O3/c1-10(8-17)18-15(19)14-6-5-13(21-14)9-20-12-4-2-3-11(16)7-12/h2-7,10H,8-9,17H2,1H3,(H,18,19)/t10-/m0/s1. The van der Waals surface area contributed by atoms with E-state index in [1.165, 1.54) is 0 Å². The third kappa shape index (κ3) is 4.61. The first-order valence-corrected chi connectivity index (χ1v) is 7.36. The van der Waals surface area contributed by atoms with Crippen LogP contribution in [0.2, 0.25) is 0 Å². The average Bonchev–Trinajstić information content (AvgIpc) is 2.94. The van der Waals surface area contributed by atoms with Crippen LogP contribution in [0.4, 0.5) is 0 Å². The summed E-state index contributed by atoms with van der Waals surface area (Å²) in [4.78, 5) is 11.8. The summed E-state index contributed by atoms with van der Waals surface area (Å²) in [7, 11) is 0. The van der Waals surface area contributed by atoms with Crippen molar-refractivity contribution in [1.29, 1.82) is 0 Å². The van der Waals surface area contributed by atoms with E-state index < -0.39 is 0 Å². The second-order valence-electron chi connectivity index (χ2n) is 4.62. The van der Waals surface area contributed by atoms with Crippen molar-refractivity contribution < 1.29 is 13.9 Å². The van der Waals surface area contributed by atoms with Crippen LogP contribution in [0.25, 0.3) is 0 Å². The molecule has 1 amide bonds. The molecule has 2 rings (SSSR count). The minimum absolute atomic E-state index is 0.0935. The van der Waals surface area contributed by atoms with Crippen molar-refractivity contribution in [3.05, 3.63) is 52.4 Å². The topological polar surface area (TPSA) is 77.5 Å². The van der Waals surface area contributed by atoms with Crippen molar-refractivity contribution in [2.45, 2.75) is 19.6 Å². The Morgan fingerprint density at radius 2 is 2.24 bits per heavy atom. The van der Waals surface area contributed by atoms with Crippen molar-refractivity contribution in [2.24, 2.45) is 5.73 Å². The minimum atomic E-state index is -0.276. The number of ether oxygens (including phenoxy) is 1. The molecule has 0 saturated heterocycles. The van der Waals surface area contributed by atoms with Gasteiger partial charge in [-0.1, -0.05) is 22.0 Å². The fraction of sp³-hybridized carbons (Fsp3) is 0.267. The summed E-state index contributed by atoms with van der Waals surface area (Å²) >= 11 is 3.37. The summed E-state index contributed by atoms with van der Waals surface area (Å²) in [6.07, 6.45) is 0. The van der Waals surface area contributed by atoms with Crippen LogP contribution in [-0.2, 0) is 6.61 Å². The van der Waals surface area contributed by atoms with Crippen molar-refractivity contribution in [3.63, 3.8) is 0 Å². The molecule has 6 heteroatoms. The second-order valence-corrected chi connectivity index (χ2v) is 5.54. The highest BCUT2D eigenvalue weighted by Gasteiger charge is 2.13. The van der Waals surface area contributed by atoms with Gasteiger partial charge in [0.25, 0.3) is 5.91 Å². The second kappa shape index (κ2) is 7.28. The fourth-order valence-electron chi connectivity index (χ4n) is 1.64. The van der Waals surface area contributed by atoms with Gasteiger partial charge in [-0.15, -0.1) is 0 Å². The molecular formula is C15H17BrN2O3. The summed E-state index contributed by atoms with van der Waals surface area (Å²) in [5.41, 5.74) is 5.46. The molecule has 1 atom stereocenters. The molecule has 0 fully saturated rings. The van der Waals surface area contributed by atoms with E-state index in [2.05, 4.69) is 21.2 Å². The van der Waals surface area contributed by atoms with Gasteiger partial charge in [-0.25, -0.2) is 0 Å². The molecule has 112 valence electrons. The summed E-state index contributed by atoms with van der Waals surface area (Å²) in [5.74, 6) is 1.29. The zero-order chi connectivity index (χ0) is 15.2. The third-order valence-electron chi connectivity index (χ3n) is 2.79. The van der Waals surface area contributed by atoms with Crippen molar-refractivity contribution >= 4 is 21.8 Å². The molecule has 0 aliphatic rings. The van der Waals surface area contributed by atoms with Crippen LogP contribution >= 0.6 is 15.9 Å². The number of rotatable bonds is 6. The van der Waals surface area contributed by atoms with E-state index in [9.17, 15) is 4.79 Å². The monoisotopic (exact) mass is 352 g/mol. The molecule has 0 saturated carbocycles. The molecule has 0 aliphatic carbocycles. The van der Waals surface area contributed by atoms with Gasteiger partial charge in [-0.2, -0.15) is 0 Å². The molecule has 21 heavy (non-hydrogen) atoms. The number of carbonyl (C=O) groups is 1. The molecule has 2 aromatic rings. The van der Waals surface area contributed by atoms with E-state index in [0.29, 0.717) is 12.3 Å².